The van der Waals surface area contributed by atoms with Crippen molar-refractivity contribution in [2.75, 3.05) is 0 Å². The Labute approximate surface area is 182 Å². The van der Waals surface area contributed by atoms with Crippen LogP contribution >= 0.6 is 11.8 Å². The van der Waals surface area contributed by atoms with Crippen LogP contribution in [0.4, 0.5) is 5.69 Å². The third kappa shape index (κ3) is 5.10. The number of nitrogens with one attached hydrogen (secondary N) is 1. The summed E-state index contributed by atoms with van der Waals surface area (Å²) in [7, 11) is 0. The first kappa shape index (κ1) is 20.2. The second-order valence-corrected chi connectivity index (χ2v) is 7.60. The molecular formula is C23H16N4O3S. The van der Waals surface area contributed by atoms with Gasteiger partial charge in [-0.05, 0) is 65.4 Å². The van der Waals surface area contributed by atoms with Crippen LogP contribution in [0, 0.1) is 21.4 Å². The summed E-state index contributed by atoms with van der Waals surface area (Å²) < 4.78 is 5.80. The number of aromatic amines is 1. The zero-order valence-electron chi connectivity index (χ0n) is 16.2. The Morgan fingerprint density at radius 2 is 1.97 bits per heavy atom. The molecule has 0 aliphatic heterocycles. The Bertz CT molecular complexity index is 1270. The molecule has 0 radical (unpaired) electrons. The molecule has 3 aromatic carbocycles. The number of nitro groups is 1. The first-order chi connectivity index (χ1) is 15.1. The fourth-order valence-electron chi connectivity index (χ4n) is 2.89. The number of rotatable bonds is 7. The van der Waals surface area contributed by atoms with Crippen LogP contribution in [0.3, 0.4) is 0 Å². The van der Waals surface area contributed by atoms with Gasteiger partial charge in [0, 0.05) is 12.1 Å². The number of hydrogen-bond acceptors (Lipinski definition) is 6. The van der Waals surface area contributed by atoms with Crippen molar-refractivity contribution in [3.63, 3.8) is 0 Å². The Hall–Kier alpha value is -4.09. The van der Waals surface area contributed by atoms with E-state index in [4.69, 9.17) is 4.74 Å². The Kier molecular flexibility index (Phi) is 5.96. The molecule has 0 fully saturated rings. The molecule has 152 valence electrons. The van der Waals surface area contributed by atoms with Crippen molar-refractivity contribution in [1.82, 2.24) is 9.97 Å². The normalized spacial score (nSPS) is 11.3. The SMILES string of the molecule is N#C/C(=C\c1cccc(OCc2ccc([N+](=O)[O-])cc2)c1)Sc1nc2ccccc2[nH]1. The fourth-order valence-corrected chi connectivity index (χ4v) is 3.65. The largest absolute Gasteiger partial charge is 0.489 e. The average molecular weight is 428 g/mol. The van der Waals surface area contributed by atoms with E-state index in [2.05, 4.69) is 16.0 Å². The molecule has 0 bridgehead atoms. The number of allylic oxidation sites excluding steroid dienone is 1. The first-order valence-corrected chi connectivity index (χ1v) is 10.1. The number of hydrogen-bond donors (Lipinski definition) is 1. The zero-order valence-corrected chi connectivity index (χ0v) is 17.0. The molecule has 0 aliphatic carbocycles. The van der Waals surface area contributed by atoms with Crippen LogP contribution in [0.15, 0.2) is 82.9 Å². The van der Waals surface area contributed by atoms with Crippen molar-refractivity contribution in [1.29, 1.82) is 5.26 Å². The van der Waals surface area contributed by atoms with Gasteiger partial charge in [0.25, 0.3) is 5.69 Å². The van der Waals surface area contributed by atoms with E-state index in [9.17, 15) is 15.4 Å². The lowest BCUT2D eigenvalue weighted by Crippen LogP contribution is -1.96. The summed E-state index contributed by atoms with van der Waals surface area (Å²) in [5, 5.41) is 20.9. The molecule has 0 unspecified atom stereocenters. The number of nitro benzene ring substituents is 1. The van der Waals surface area contributed by atoms with Gasteiger partial charge in [0.05, 0.1) is 20.9 Å². The van der Waals surface area contributed by atoms with Crippen LogP contribution in [-0.4, -0.2) is 14.9 Å². The van der Waals surface area contributed by atoms with Gasteiger partial charge in [0.1, 0.15) is 18.4 Å². The van der Waals surface area contributed by atoms with E-state index in [-0.39, 0.29) is 12.3 Å². The van der Waals surface area contributed by atoms with Crippen molar-refractivity contribution < 1.29 is 9.66 Å². The monoisotopic (exact) mass is 428 g/mol. The van der Waals surface area contributed by atoms with Crippen molar-refractivity contribution in [2.24, 2.45) is 0 Å². The highest BCUT2D eigenvalue weighted by molar-refractivity contribution is 8.03. The summed E-state index contributed by atoms with van der Waals surface area (Å²) in [6, 6.07) is 23.5. The minimum Gasteiger partial charge on any atom is -0.489 e. The lowest BCUT2D eigenvalue weighted by atomic mass is 10.2. The molecule has 8 heteroatoms. The summed E-state index contributed by atoms with van der Waals surface area (Å²) in [5.41, 5.74) is 3.46. The number of fused-ring (bicyclic) bond motifs is 1. The number of non-ortho nitro benzene ring substituents is 1. The molecule has 0 amide bonds. The van der Waals surface area contributed by atoms with Crippen LogP contribution < -0.4 is 4.74 Å². The Balaban J connectivity index is 1.45. The van der Waals surface area contributed by atoms with Crippen molar-refractivity contribution >= 4 is 34.6 Å². The van der Waals surface area contributed by atoms with Gasteiger partial charge >= 0.3 is 0 Å². The molecule has 0 saturated carbocycles. The Morgan fingerprint density at radius 1 is 1.16 bits per heavy atom. The van der Waals surface area contributed by atoms with Crippen LogP contribution in [0.1, 0.15) is 11.1 Å². The van der Waals surface area contributed by atoms with E-state index in [1.165, 1.54) is 23.9 Å². The first-order valence-electron chi connectivity index (χ1n) is 9.31. The number of ether oxygens (including phenoxy) is 1. The number of nitriles is 1. The molecule has 4 aromatic rings. The number of benzene rings is 3. The van der Waals surface area contributed by atoms with Gasteiger partial charge in [-0.1, -0.05) is 24.3 Å². The van der Waals surface area contributed by atoms with E-state index >= 15 is 0 Å². The lowest BCUT2D eigenvalue weighted by Gasteiger charge is -2.07. The van der Waals surface area contributed by atoms with Crippen LogP contribution in [0.2, 0.25) is 0 Å². The number of nitrogens with zero attached hydrogens (tertiary/aromatic N) is 3. The van der Waals surface area contributed by atoms with Crippen LogP contribution in [-0.2, 0) is 6.61 Å². The van der Waals surface area contributed by atoms with Crippen LogP contribution in [0.25, 0.3) is 17.1 Å². The number of aromatic nitrogens is 2. The van der Waals surface area contributed by atoms with Gasteiger partial charge in [-0.3, -0.25) is 10.1 Å². The van der Waals surface area contributed by atoms with Gasteiger partial charge < -0.3 is 9.72 Å². The predicted molar refractivity (Wildman–Crippen MR) is 119 cm³/mol. The highest BCUT2D eigenvalue weighted by Gasteiger charge is 2.07. The molecule has 0 spiro atoms. The maximum Gasteiger partial charge on any atom is 0.269 e. The molecule has 1 aromatic heterocycles. The summed E-state index contributed by atoms with van der Waals surface area (Å²) in [5.74, 6) is 0.637. The topological polar surface area (TPSA) is 105 Å². The summed E-state index contributed by atoms with van der Waals surface area (Å²) in [6.45, 7) is 0.282. The van der Waals surface area contributed by atoms with Gasteiger partial charge in [0.2, 0.25) is 0 Å². The molecule has 0 saturated heterocycles. The fraction of sp³-hybridized carbons (Fsp3) is 0.0435. The second kappa shape index (κ2) is 9.15. The van der Waals surface area contributed by atoms with Gasteiger partial charge in [-0.25, -0.2) is 4.98 Å². The summed E-state index contributed by atoms with van der Waals surface area (Å²) in [6.07, 6.45) is 1.77. The Morgan fingerprint density at radius 3 is 2.71 bits per heavy atom. The molecule has 4 rings (SSSR count). The van der Waals surface area contributed by atoms with E-state index in [1.807, 2.05) is 48.5 Å². The van der Waals surface area contributed by atoms with Crippen LogP contribution in [0.5, 0.6) is 5.75 Å². The smallest absolute Gasteiger partial charge is 0.269 e. The number of H-pyrrole nitrogens is 1. The lowest BCUT2D eigenvalue weighted by molar-refractivity contribution is -0.384. The third-order valence-corrected chi connectivity index (χ3v) is 5.21. The quantitative estimate of drug-likeness (QED) is 0.175. The van der Waals surface area contributed by atoms with Crippen molar-refractivity contribution in [3.8, 4) is 11.8 Å². The highest BCUT2D eigenvalue weighted by atomic mass is 32.2. The highest BCUT2D eigenvalue weighted by Crippen LogP contribution is 2.28. The zero-order chi connectivity index (χ0) is 21.6. The minimum absolute atomic E-state index is 0.0434. The molecule has 1 heterocycles. The van der Waals surface area contributed by atoms with Gasteiger partial charge in [-0.15, -0.1) is 0 Å². The molecule has 1 N–H and O–H groups in total. The van der Waals surface area contributed by atoms with Crippen molar-refractivity contribution in [3.05, 3.63) is 98.9 Å². The second-order valence-electron chi connectivity index (χ2n) is 6.57. The standard InChI is InChI=1S/C23H16N4O3S/c24-14-20(31-23-25-21-6-1-2-7-22(21)26-23)13-17-4-3-5-19(12-17)30-15-16-8-10-18(11-9-16)27(28)29/h1-13H,15H2,(H,25,26)/b20-13+. The van der Waals surface area contributed by atoms with E-state index in [0.29, 0.717) is 15.8 Å². The maximum atomic E-state index is 10.7. The maximum absolute atomic E-state index is 10.7. The number of thioether (sulfide) groups is 1. The summed E-state index contributed by atoms with van der Waals surface area (Å²) in [4.78, 5) is 18.5. The van der Waals surface area contributed by atoms with Gasteiger partial charge in [-0.2, -0.15) is 5.26 Å². The number of para-hydroxylation sites is 2. The minimum atomic E-state index is -0.434. The number of imidazole rings is 1. The van der Waals surface area contributed by atoms with E-state index in [1.54, 1.807) is 18.2 Å². The average Bonchev–Trinajstić information content (AvgIpc) is 3.20. The molecule has 7 nitrogen and oxygen atoms in total. The third-order valence-electron chi connectivity index (χ3n) is 4.39. The van der Waals surface area contributed by atoms with Gasteiger partial charge in [0.15, 0.2) is 5.16 Å². The molecule has 0 aliphatic rings. The van der Waals surface area contributed by atoms with Crippen molar-refractivity contribution in [2.45, 2.75) is 11.8 Å². The van der Waals surface area contributed by atoms with E-state index in [0.717, 1.165) is 22.2 Å². The van der Waals surface area contributed by atoms with E-state index < -0.39 is 4.92 Å². The predicted octanol–water partition coefficient (Wildman–Crippen LogP) is 5.71. The molecule has 31 heavy (non-hydrogen) atoms. The molecule has 0 atom stereocenters. The molecular weight excluding hydrogens is 412 g/mol. The summed E-state index contributed by atoms with van der Waals surface area (Å²) >= 11 is 1.27.